The number of benzene rings is 2. The van der Waals surface area contributed by atoms with Gasteiger partial charge in [0.05, 0.1) is 34.9 Å². The first-order chi connectivity index (χ1) is 30.5. The van der Waals surface area contributed by atoms with Crippen LogP contribution in [0.2, 0.25) is 0 Å². The summed E-state index contributed by atoms with van der Waals surface area (Å²) in [6.07, 6.45) is -2.25. The lowest BCUT2D eigenvalue weighted by Gasteiger charge is -2.47. The first kappa shape index (κ1) is 48.7. The largest absolute Gasteiger partial charge is 0.458 e. The van der Waals surface area contributed by atoms with E-state index in [9.17, 15) is 24.0 Å². The van der Waals surface area contributed by atoms with Crippen LogP contribution in [0.15, 0.2) is 66.9 Å². The second kappa shape index (κ2) is 21.0. The van der Waals surface area contributed by atoms with E-state index in [0.29, 0.717) is 31.4 Å². The number of aromatic nitrogens is 1. The van der Waals surface area contributed by atoms with Crippen LogP contribution in [0.25, 0.3) is 10.9 Å². The van der Waals surface area contributed by atoms with Gasteiger partial charge in [0.15, 0.2) is 24.3 Å². The van der Waals surface area contributed by atoms with Crippen molar-refractivity contribution >= 4 is 40.5 Å². The van der Waals surface area contributed by atoms with E-state index in [-0.39, 0.29) is 30.8 Å². The summed E-state index contributed by atoms with van der Waals surface area (Å²) in [5.41, 5.74) is 4.28. The number of para-hydroxylation sites is 1. The Kier molecular flexibility index (Phi) is 16.0. The second-order valence-electron chi connectivity index (χ2n) is 18.2. The van der Waals surface area contributed by atoms with Crippen LogP contribution < -0.4 is 5.43 Å². The van der Waals surface area contributed by atoms with Crippen molar-refractivity contribution in [3.05, 3.63) is 78.0 Å². The summed E-state index contributed by atoms with van der Waals surface area (Å²) >= 11 is 0. The van der Waals surface area contributed by atoms with Crippen LogP contribution in [-0.4, -0.2) is 127 Å². The predicted molar refractivity (Wildman–Crippen MR) is 238 cm³/mol. The number of esters is 2. The highest BCUT2D eigenvalue weighted by molar-refractivity contribution is 6.00. The topological polar surface area (TPSA) is 172 Å². The number of hydrazine groups is 1. The maximum atomic E-state index is 14.8. The predicted octanol–water partition coefficient (Wildman–Crippen LogP) is 6.35. The van der Waals surface area contributed by atoms with Gasteiger partial charge in [-0.1, -0.05) is 64.1 Å². The lowest BCUT2D eigenvalue weighted by atomic mass is 9.75. The zero-order chi connectivity index (χ0) is 46.5. The van der Waals surface area contributed by atoms with Crippen LogP contribution in [0.1, 0.15) is 90.1 Å². The number of nitrogens with one attached hydrogen (secondary N) is 1. The molecule has 0 spiro atoms. The van der Waals surface area contributed by atoms with Crippen LogP contribution in [0.5, 0.6) is 0 Å². The molecular formula is C49H66N4O11. The minimum Gasteiger partial charge on any atom is -0.458 e. The molecule has 1 amide bonds. The molecule has 15 heteroatoms. The Labute approximate surface area is 376 Å². The lowest BCUT2D eigenvalue weighted by molar-refractivity contribution is -0.294. The molecule has 3 aliphatic heterocycles. The molecule has 0 saturated carbocycles. The number of likely N-dealkylation sites (N-methyl/N-ethyl adjacent to an activating group) is 1. The summed E-state index contributed by atoms with van der Waals surface area (Å²) < 4.78 is 37.9. The quantitative estimate of drug-likeness (QED) is 0.0923. The van der Waals surface area contributed by atoms with Crippen LogP contribution >= 0.6 is 0 Å². The molecule has 13 atom stereocenters. The summed E-state index contributed by atoms with van der Waals surface area (Å²) in [6, 6.07) is 17.3. The molecule has 3 aliphatic rings. The number of nitrogens with zero attached hydrogens (tertiary/aromatic N) is 3. The SMILES string of the molecule is CC[C@H]1OC(=O)[C@H](C)C(=O)[C@H](C)[C@@H](OC2O[C@H](C)C[C@H](N(C)C)[C@H]2OC(=O)c2ccccc2)[C@](C)(OC)C[C@@H](C)C(=O)[C@H](C)[C@@H]2C1OC(=O)N2NCCCc1ccnc2ccccc12. The van der Waals surface area contributed by atoms with Crippen LogP contribution in [-0.2, 0) is 49.2 Å². The number of amides is 1. The van der Waals surface area contributed by atoms with E-state index in [0.717, 1.165) is 16.5 Å². The summed E-state index contributed by atoms with van der Waals surface area (Å²) in [6.45, 7) is 12.5. The first-order valence-electron chi connectivity index (χ1n) is 22.6. The molecule has 64 heavy (non-hydrogen) atoms. The van der Waals surface area contributed by atoms with Gasteiger partial charge in [-0.25, -0.2) is 20.0 Å². The Balaban J connectivity index is 1.30. The molecule has 2 aromatic carbocycles. The monoisotopic (exact) mass is 886 g/mol. The molecule has 1 N–H and O–H groups in total. The summed E-state index contributed by atoms with van der Waals surface area (Å²) in [5, 5.41) is 2.42. The van der Waals surface area contributed by atoms with Gasteiger partial charge in [-0.15, -0.1) is 0 Å². The first-order valence-corrected chi connectivity index (χ1v) is 22.6. The Bertz CT molecular complexity index is 2110. The van der Waals surface area contributed by atoms with Gasteiger partial charge in [0.1, 0.15) is 23.8 Å². The number of rotatable bonds is 12. The number of hydrogen-bond donors (Lipinski definition) is 1. The molecule has 0 radical (unpaired) electrons. The number of Topliss-reactive ketones (excluding diaryl/α,β-unsaturated/α-hetero) is 2. The van der Waals surface area contributed by atoms with Crippen molar-refractivity contribution in [2.45, 2.75) is 135 Å². The van der Waals surface area contributed by atoms with Gasteiger partial charge in [0.2, 0.25) is 0 Å². The number of cyclic esters (lactones) is 1. The number of hydrogen-bond acceptors (Lipinski definition) is 14. The van der Waals surface area contributed by atoms with Gasteiger partial charge >= 0.3 is 18.0 Å². The maximum absolute atomic E-state index is 14.8. The number of fused-ring (bicyclic) bond motifs is 2. The minimum absolute atomic E-state index is 0.0817. The van der Waals surface area contributed by atoms with Crippen molar-refractivity contribution in [3.63, 3.8) is 0 Å². The molecule has 0 bridgehead atoms. The normalized spacial score (nSPS) is 33.1. The minimum atomic E-state index is -1.34. The molecule has 3 aromatic rings. The molecule has 3 fully saturated rings. The fourth-order valence-electron chi connectivity index (χ4n) is 9.74. The third-order valence-electron chi connectivity index (χ3n) is 13.4. The van der Waals surface area contributed by atoms with Crippen LogP contribution in [0, 0.1) is 23.7 Å². The van der Waals surface area contributed by atoms with E-state index >= 15 is 0 Å². The Morgan fingerprint density at radius 3 is 2.33 bits per heavy atom. The van der Waals surface area contributed by atoms with Gasteiger partial charge in [0.25, 0.3) is 0 Å². The Hall–Kier alpha value is -4.80. The van der Waals surface area contributed by atoms with Crippen molar-refractivity contribution in [2.75, 3.05) is 27.7 Å². The highest BCUT2D eigenvalue weighted by Gasteiger charge is 2.55. The number of methoxy groups -OCH3 is 1. The fraction of sp³-hybridized carbons (Fsp3) is 0.592. The van der Waals surface area contributed by atoms with Gasteiger partial charge in [0, 0.05) is 43.0 Å². The van der Waals surface area contributed by atoms with Crippen LogP contribution in [0.4, 0.5) is 4.79 Å². The van der Waals surface area contributed by atoms with E-state index in [1.165, 1.54) is 19.0 Å². The van der Waals surface area contributed by atoms with Crippen molar-refractivity contribution in [3.8, 4) is 0 Å². The number of carbonyl (C=O) groups is 5. The molecule has 348 valence electrons. The number of ether oxygens (including phenoxy) is 6. The average molecular weight is 887 g/mol. The standard InChI is InChI=1S/C49H66N4O11/c1-11-38-43-39(53(48(58)63-43)51-24-17-20-33-23-25-50-36-22-16-15-21-35(33)36)30(4)40(54)28(2)27-49(7,59-10)44(31(5)41(55)32(6)45(56)61-38)64-47-42(37(52(8)9)26-29(3)60-47)62-46(57)34-18-13-12-14-19-34/h12-16,18-19,21-23,25,28-32,37-39,42-44,47,51H,11,17,20,24,26-27H2,1-10H3/t28-,29-,30-,31+,32-,37+,38-,39-,42-,43?,44-,47?,49-/m1/s1. The van der Waals surface area contributed by atoms with E-state index in [1.807, 2.05) is 56.3 Å². The van der Waals surface area contributed by atoms with Crippen molar-refractivity contribution < 1.29 is 52.4 Å². The van der Waals surface area contributed by atoms with E-state index in [2.05, 4.69) is 10.4 Å². The Morgan fingerprint density at radius 2 is 1.64 bits per heavy atom. The van der Waals surface area contributed by atoms with Crippen molar-refractivity contribution in [1.29, 1.82) is 0 Å². The number of carbonyl (C=O) groups excluding carboxylic acids is 5. The van der Waals surface area contributed by atoms with Gasteiger partial charge in [-0.05, 0) is 96.8 Å². The summed E-state index contributed by atoms with van der Waals surface area (Å²) in [4.78, 5) is 77.2. The molecule has 4 heterocycles. The van der Waals surface area contributed by atoms with E-state index < -0.39 is 89.8 Å². The molecular weight excluding hydrogens is 821 g/mol. The third kappa shape index (κ3) is 10.5. The zero-order valence-electron chi connectivity index (χ0n) is 38.9. The molecule has 3 saturated heterocycles. The van der Waals surface area contributed by atoms with Gasteiger partial charge < -0.3 is 33.3 Å². The molecule has 2 unspecified atom stereocenters. The van der Waals surface area contributed by atoms with E-state index in [4.69, 9.17) is 28.4 Å². The van der Waals surface area contributed by atoms with Gasteiger partial charge in [-0.2, -0.15) is 0 Å². The van der Waals surface area contributed by atoms with E-state index in [1.54, 1.807) is 71.1 Å². The molecule has 15 nitrogen and oxygen atoms in total. The summed E-state index contributed by atoms with van der Waals surface area (Å²) in [7, 11) is 5.26. The third-order valence-corrected chi connectivity index (χ3v) is 13.4. The van der Waals surface area contributed by atoms with Crippen LogP contribution in [0.3, 0.4) is 0 Å². The molecule has 6 rings (SSSR count). The van der Waals surface area contributed by atoms with Crippen molar-refractivity contribution in [1.82, 2.24) is 20.3 Å². The summed E-state index contributed by atoms with van der Waals surface area (Å²) in [5.74, 6) is -5.83. The zero-order valence-corrected chi connectivity index (χ0v) is 38.9. The fourth-order valence-corrected chi connectivity index (χ4v) is 9.74. The average Bonchev–Trinajstić information content (AvgIpc) is 3.62. The highest BCUT2D eigenvalue weighted by Crippen LogP contribution is 2.39. The Morgan fingerprint density at radius 1 is 0.938 bits per heavy atom. The smallest absolute Gasteiger partial charge is 0.425 e. The lowest BCUT2D eigenvalue weighted by Crippen LogP contribution is -2.60. The molecule has 0 aliphatic carbocycles. The maximum Gasteiger partial charge on any atom is 0.425 e. The number of ketones is 2. The van der Waals surface area contributed by atoms with Gasteiger partial charge in [-0.3, -0.25) is 19.4 Å². The second-order valence-corrected chi connectivity index (χ2v) is 18.2. The highest BCUT2D eigenvalue weighted by atomic mass is 16.7. The number of aryl methyl sites for hydroxylation is 1. The molecule has 1 aromatic heterocycles. The number of pyridine rings is 1. The van der Waals surface area contributed by atoms with Crippen molar-refractivity contribution in [2.24, 2.45) is 23.7 Å².